The number of hydrogen-bond acceptors (Lipinski definition) is 4. The van der Waals surface area contributed by atoms with Crippen LogP contribution in [0, 0.1) is 0 Å². The van der Waals surface area contributed by atoms with E-state index in [1.165, 1.54) is 12.8 Å². The number of pyridine rings is 1. The number of anilines is 1. The van der Waals surface area contributed by atoms with Gasteiger partial charge in [-0.1, -0.05) is 18.2 Å². The van der Waals surface area contributed by atoms with E-state index in [1.54, 1.807) is 6.20 Å². The van der Waals surface area contributed by atoms with Gasteiger partial charge in [0.2, 0.25) is 5.91 Å². The second kappa shape index (κ2) is 8.19. The van der Waals surface area contributed by atoms with Crippen LogP contribution < -0.4 is 10.6 Å². The van der Waals surface area contributed by atoms with Crippen molar-refractivity contribution in [1.29, 1.82) is 0 Å². The average molecular weight is 449 g/mol. The Morgan fingerprint density at radius 1 is 0.882 bits per heavy atom. The number of imidazole rings is 1. The summed E-state index contributed by atoms with van der Waals surface area (Å²) in [7, 11) is 0. The Hall–Kier alpha value is -4.39. The van der Waals surface area contributed by atoms with Gasteiger partial charge in [-0.05, 0) is 60.4 Å². The molecule has 34 heavy (non-hydrogen) atoms. The topological polar surface area (TPSA) is 81.5 Å². The minimum atomic E-state index is -0.415. The summed E-state index contributed by atoms with van der Waals surface area (Å²) in [5.74, 6) is -0.415. The monoisotopic (exact) mass is 448 g/mol. The van der Waals surface area contributed by atoms with Gasteiger partial charge in [0.15, 0.2) is 0 Å². The van der Waals surface area contributed by atoms with E-state index in [0.717, 1.165) is 52.5 Å². The lowest BCUT2D eigenvalue weighted by Crippen LogP contribution is -2.19. The molecular formula is C27H24N6O. The summed E-state index contributed by atoms with van der Waals surface area (Å²) < 4.78 is 3.94. The van der Waals surface area contributed by atoms with Crippen LogP contribution >= 0.6 is 0 Å². The molecule has 0 unspecified atom stereocenters. The highest BCUT2D eigenvalue weighted by atomic mass is 16.1. The number of aromatic nitrogens is 4. The van der Waals surface area contributed by atoms with E-state index in [9.17, 15) is 4.79 Å². The van der Waals surface area contributed by atoms with E-state index in [4.69, 9.17) is 5.73 Å². The van der Waals surface area contributed by atoms with Crippen LogP contribution in [-0.2, 0) is 0 Å². The molecule has 0 saturated carbocycles. The average Bonchev–Trinajstić information content (AvgIpc) is 3.62. The van der Waals surface area contributed by atoms with E-state index in [1.807, 2.05) is 71.6 Å². The van der Waals surface area contributed by atoms with E-state index >= 15 is 0 Å². The SMILES string of the molecule is NC(=O)c1cc(N2CCCC2)ccc1-c1cccc(-n2ccn3nc(-c4cccnc4)cc23)c1. The maximum Gasteiger partial charge on any atom is 0.249 e. The molecule has 0 aliphatic carbocycles. The summed E-state index contributed by atoms with van der Waals surface area (Å²) in [6.45, 7) is 2.03. The molecule has 7 nitrogen and oxygen atoms in total. The van der Waals surface area contributed by atoms with Gasteiger partial charge in [-0.15, -0.1) is 0 Å². The summed E-state index contributed by atoms with van der Waals surface area (Å²) in [5.41, 5.74) is 12.9. The van der Waals surface area contributed by atoms with Crippen LogP contribution in [0.5, 0.6) is 0 Å². The zero-order valence-electron chi connectivity index (χ0n) is 18.6. The van der Waals surface area contributed by atoms with Gasteiger partial charge < -0.3 is 15.2 Å². The molecule has 0 spiro atoms. The Kier molecular flexibility index (Phi) is 4.87. The number of amides is 1. The minimum absolute atomic E-state index is 0.415. The molecule has 7 heteroatoms. The van der Waals surface area contributed by atoms with E-state index in [0.29, 0.717) is 5.56 Å². The van der Waals surface area contributed by atoms with Crippen molar-refractivity contribution in [3.63, 3.8) is 0 Å². The lowest BCUT2D eigenvalue weighted by atomic mass is 9.98. The molecule has 0 radical (unpaired) electrons. The lowest BCUT2D eigenvalue weighted by Gasteiger charge is -2.19. The molecule has 6 rings (SSSR count). The summed E-state index contributed by atoms with van der Waals surface area (Å²) >= 11 is 0. The number of nitrogens with zero attached hydrogens (tertiary/aromatic N) is 5. The van der Waals surface area contributed by atoms with Gasteiger partial charge in [0, 0.05) is 66.4 Å². The van der Waals surface area contributed by atoms with E-state index in [2.05, 4.69) is 31.7 Å². The standard InChI is InChI=1S/C27H24N6O/c28-27(34)24-16-21(31-11-1-2-12-31)8-9-23(24)19-5-3-7-22(15-19)32-13-14-33-26(32)17-25(30-33)20-6-4-10-29-18-20/h3-10,13-18H,1-2,11-12H2,(H2,28,34). The van der Waals surface area contributed by atoms with Crippen LogP contribution in [0.1, 0.15) is 23.2 Å². The fourth-order valence-corrected chi connectivity index (χ4v) is 4.74. The summed E-state index contributed by atoms with van der Waals surface area (Å²) in [6.07, 6.45) is 9.84. The molecule has 1 aliphatic heterocycles. The third-order valence-corrected chi connectivity index (χ3v) is 6.45. The number of nitrogens with two attached hydrogens (primary N) is 1. The highest BCUT2D eigenvalue weighted by molar-refractivity contribution is 6.01. The second-order valence-electron chi connectivity index (χ2n) is 8.58. The summed E-state index contributed by atoms with van der Waals surface area (Å²) in [5, 5.41) is 4.68. The molecule has 5 aromatic rings. The fraction of sp³-hybridized carbons (Fsp3) is 0.148. The molecule has 3 aromatic heterocycles. The first-order chi connectivity index (χ1) is 16.7. The molecule has 168 valence electrons. The third-order valence-electron chi connectivity index (χ3n) is 6.45. The molecule has 1 aliphatic rings. The molecular weight excluding hydrogens is 424 g/mol. The van der Waals surface area contributed by atoms with Crippen molar-refractivity contribution in [2.45, 2.75) is 12.8 Å². The zero-order valence-corrected chi connectivity index (χ0v) is 18.6. The Bertz CT molecular complexity index is 1490. The normalized spacial score (nSPS) is 13.6. The van der Waals surface area contributed by atoms with Gasteiger partial charge in [0.25, 0.3) is 0 Å². The van der Waals surface area contributed by atoms with Gasteiger partial charge in [0.1, 0.15) is 5.65 Å². The molecule has 1 saturated heterocycles. The number of carbonyl (C=O) groups excluding carboxylic acids is 1. The molecule has 4 heterocycles. The van der Waals surface area contributed by atoms with Crippen LogP contribution in [0.15, 0.2) is 85.5 Å². The van der Waals surface area contributed by atoms with E-state index in [-0.39, 0.29) is 0 Å². The Morgan fingerprint density at radius 3 is 2.53 bits per heavy atom. The maximum atomic E-state index is 12.4. The van der Waals surface area contributed by atoms with Crippen LogP contribution in [0.25, 0.3) is 33.7 Å². The summed E-state index contributed by atoms with van der Waals surface area (Å²) in [4.78, 5) is 18.9. The molecule has 2 N–H and O–H groups in total. The lowest BCUT2D eigenvalue weighted by molar-refractivity contribution is 0.100. The first-order valence-electron chi connectivity index (χ1n) is 11.4. The first-order valence-corrected chi connectivity index (χ1v) is 11.4. The van der Waals surface area contributed by atoms with Crippen molar-refractivity contribution in [3.05, 3.63) is 91.0 Å². The second-order valence-corrected chi connectivity index (χ2v) is 8.58. The van der Waals surface area contributed by atoms with Crippen LogP contribution in [0.2, 0.25) is 0 Å². The van der Waals surface area contributed by atoms with Crippen molar-refractivity contribution in [2.24, 2.45) is 5.73 Å². The quantitative estimate of drug-likeness (QED) is 0.428. The Labute approximate surface area is 197 Å². The smallest absolute Gasteiger partial charge is 0.249 e. The van der Waals surface area contributed by atoms with Crippen molar-refractivity contribution < 1.29 is 4.79 Å². The van der Waals surface area contributed by atoms with Gasteiger partial charge in [-0.25, -0.2) is 4.52 Å². The zero-order chi connectivity index (χ0) is 23.1. The molecule has 0 atom stereocenters. The van der Waals surface area contributed by atoms with Crippen molar-refractivity contribution in [1.82, 2.24) is 19.2 Å². The van der Waals surface area contributed by atoms with Crippen molar-refractivity contribution in [2.75, 3.05) is 18.0 Å². The summed E-state index contributed by atoms with van der Waals surface area (Å²) in [6, 6.07) is 20.1. The molecule has 0 bridgehead atoms. The fourth-order valence-electron chi connectivity index (χ4n) is 4.74. The minimum Gasteiger partial charge on any atom is -0.372 e. The molecule has 1 fully saturated rings. The van der Waals surface area contributed by atoms with Crippen LogP contribution in [-0.4, -0.2) is 38.2 Å². The van der Waals surface area contributed by atoms with Crippen LogP contribution in [0.3, 0.4) is 0 Å². The maximum absolute atomic E-state index is 12.4. The Morgan fingerprint density at radius 2 is 1.74 bits per heavy atom. The van der Waals surface area contributed by atoms with Crippen molar-refractivity contribution in [3.8, 4) is 28.1 Å². The number of primary amides is 1. The Balaban J connectivity index is 1.40. The number of carbonyl (C=O) groups is 1. The van der Waals surface area contributed by atoms with E-state index < -0.39 is 5.91 Å². The number of hydrogen-bond donors (Lipinski definition) is 1. The van der Waals surface area contributed by atoms with Gasteiger partial charge >= 0.3 is 0 Å². The van der Waals surface area contributed by atoms with Gasteiger partial charge in [0.05, 0.1) is 5.69 Å². The highest BCUT2D eigenvalue weighted by Crippen LogP contribution is 2.31. The third kappa shape index (κ3) is 3.51. The van der Waals surface area contributed by atoms with Gasteiger partial charge in [-0.2, -0.15) is 5.10 Å². The van der Waals surface area contributed by atoms with Crippen molar-refractivity contribution >= 4 is 17.2 Å². The largest absolute Gasteiger partial charge is 0.372 e. The molecule has 2 aromatic carbocycles. The van der Waals surface area contributed by atoms with Gasteiger partial charge in [-0.3, -0.25) is 9.78 Å². The number of fused-ring (bicyclic) bond motifs is 1. The predicted octanol–water partition coefficient (Wildman–Crippen LogP) is 4.55. The van der Waals surface area contributed by atoms with Crippen LogP contribution in [0.4, 0.5) is 5.69 Å². The molecule has 1 amide bonds. The number of rotatable bonds is 5. The first kappa shape index (κ1) is 20.2. The number of benzene rings is 2. The highest BCUT2D eigenvalue weighted by Gasteiger charge is 2.17. The predicted molar refractivity (Wildman–Crippen MR) is 133 cm³/mol.